The van der Waals surface area contributed by atoms with Crippen LogP contribution in [0, 0.1) is 0 Å². The number of carbonyl (C=O) groups excluding carboxylic acids is 2. The maximum atomic E-state index is 13.2. The van der Waals surface area contributed by atoms with Crippen LogP contribution in [0.5, 0.6) is 5.75 Å². The molecule has 2 atom stereocenters. The van der Waals surface area contributed by atoms with Gasteiger partial charge < -0.3 is 25.1 Å². The number of halogens is 2. The minimum atomic E-state index is -2.71. The van der Waals surface area contributed by atoms with Crippen molar-refractivity contribution in [3.8, 4) is 17.1 Å². The number of anilines is 2. The summed E-state index contributed by atoms with van der Waals surface area (Å²) >= 11 is 0. The van der Waals surface area contributed by atoms with Gasteiger partial charge in [-0.1, -0.05) is 0 Å². The normalized spacial score (nSPS) is 17.7. The molecule has 9 nitrogen and oxygen atoms in total. The Morgan fingerprint density at radius 2 is 2.22 bits per heavy atom. The van der Waals surface area contributed by atoms with Crippen molar-refractivity contribution in [1.82, 2.24) is 9.55 Å². The molecule has 32 heavy (non-hydrogen) atoms. The highest BCUT2D eigenvalue weighted by molar-refractivity contribution is 5.96. The lowest BCUT2D eigenvalue weighted by Gasteiger charge is -2.30. The van der Waals surface area contributed by atoms with Crippen molar-refractivity contribution in [1.29, 1.82) is 0 Å². The van der Waals surface area contributed by atoms with Gasteiger partial charge in [0.05, 0.1) is 31.3 Å². The van der Waals surface area contributed by atoms with E-state index in [1.807, 2.05) is 0 Å². The minimum absolute atomic E-state index is 0.0419. The number of nitrogens with two attached hydrogens (primary N) is 1. The standard InChI is InChI=1S/C21H23F2N5O4/c1-12(15(24)11-29)25-13-2-3-14-17(8-13)32-7-5-27-10-19(26-20(14)27)28(9-18(22)23)21(30)16-4-6-31-16/h2-3,8,10,12,16,18,25H,4-7,9,24H2,1H3/t12-,16+/m0/s1. The summed E-state index contributed by atoms with van der Waals surface area (Å²) in [4.78, 5) is 28.9. The molecule has 0 radical (unpaired) electrons. The highest BCUT2D eigenvalue weighted by Gasteiger charge is 2.34. The number of imidazole rings is 1. The molecule has 3 heterocycles. The molecular formula is C21H23F2N5O4. The molecule has 170 valence electrons. The average molecular weight is 447 g/mol. The molecule has 0 spiro atoms. The SMILES string of the molecule is C[C@H](Nc1ccc2c(c1)OCCn1cc(N(CC(F)F)C(=O)[C@H]3CCO3)nc1-2)C(N)=C=O. The molecule has 0 bridgehead atoms. The molecule has 4 rings (SSSR count). The predicted molar refractivity (Wildman–Crippen MR) is 112 cm³/mol. The van der Waals surface area contributed by atoms with Crippen LogP contribution in [0.3, 0.4) is 0 Å². The van der Waals surface area contributed by atoms with Crippen molar-refractivity contribution in [3.05, 3.63) is 30.1 Å². The lowest BCUT2D eigenvalue weighted by Crippen LogP contribution is -2.47. The van der Waals surface area contributed by atoms with E-state index in [-0.39, 0.29) is 11.5 Å². The van der Waals surface area contributed by atoms with E-state index < -0.39 is 31.0 Å². The fourth-order valence-corrected chi connectivity index (χ4v) is 3.54. The molecule has 1 saturated heterocycles. The van der Waals surface area contributed by atoms with Gasteiger partial charge in [0.15, 0.2) is 5.82 Å². The van der Waals surface area contributed by atoms with Crippen LogP contribution >= 0.6 is 0 Å². The van der Waals surface area contributed by atoms with E-state index in [4.69, 9.17) is 15.2 Å². The summed E-state index contributed by atoms with van der Waals surface area (Å²) in [5, 5.41) is 3.09. The van der Waals surface area contributed by atoms with E-state index in [9.17, 15) is 18.4 Å². The van der Waals surface area contributed by atoms with E-state index in [0.717, 1.165) is 4.90 Å². The smallest absolute Gasteiger partial charge is 0.257 e. The first-order valence-corrected chi connectivity index (χ1v) is 10.2. The molecule has 0 unspecified atom stereocenters. The third-order valence-electron chi connectivity index (χ3n) is 5.38. The summed E-state index contributed by atoms with van der Waals surface area (Å²) in [6, 6.07) is 4.86. The van der Waals surface area contributed by atoms with Gasteiger partial charge in [0.1, 0.15) is 35.9 Å². The molecule has 11 heteroatoms. The number of ether oxygens (including phenoxy) is 2. The lowest BCUT2D eigenvalue weighted by atomic mass is 10.1. The molecule has 2 aliphatic rings. The number of alkyl halides is 2. The van der Waals surface area contributed by atoms with Gasteiger partial charge in [-0.3, -0.25) is 9.69 Å². The summed E-state index contributed by atoms with van der Waals surface area (Å²) < 4.78 is 39.2. The van der Waals surface area contributed by atoms with Gasteiger partial charge in [0.2, 0.25) is 0 Å². The quantitative estimate of drug-likeness (QED) is 0.623. The summed E-state index contributed by atoms with van der Waals surface area (Å²) in [5.74, 6) is 2.32. The number of aromatic nitrogens is 2. The number of hydrogen-bond donors (Lipinski definition) is 2. The topological polar surface area (TPSA) is 112 Å². The molecule has 1 fully saturated rings. The Balaban J connectivity index is 1.65. The van der Waals surface area contributed by atoms with Crippen molar-refractivity contribution in [2.75, 3.05) is 30.0 Å². The molecule has 0 saturated carbocycles. The number of nitrogens with zero attached hydrogens (tertiary/aromatic N) is 3. The number of hydrogen-bond acceptors (Lipinski definition) is 7. The Hall–Kier alpha value is -3.43. The summed E-state index contributed by atoms with van der Waals surface area (Å²) in [7, 11) is 0. The Morgan fingerprint density at radius 1 is 1.44 bits per heavy atom. The van der Waals surface area contributed by atoms with Crippen molar-refractivity contribution in [3.63, 3.8) is 0 Å². The van der Waals surface area contributed by atoms with E-state index in [1.54, 1.807) is 41.8 Å². The number of nitrogens with one attached hydrogen (secondary N) is 1. The van der Waals surface area contributed by atoms with Crippen molar-refractivity contribution in [2.45, 2.75) is 38.5 Å². The number of carbonyl (C=O) groups is 1. The van der Waals surface area contributed by atoms with Crippen LogP contribution in [0.2, 0.25) is 0 Å². The van der Waals surface area contributed by atoms with E-state index in [0.29, 0.717) is 49.0 Å². The molecule has 1 aromatic heterocycles. The zero-order valence-corrected chi connectivity index (χ0v) is 17.4. The second kappa shape index (κ2) is 8.97. The maximum Gasteiger partial charge on any atom is 0.257 e. The van der Waals surface area contributed by atoms with Gasteiger partial charge in [0, 0.05) is 24.4 Å². The Bertz CT molecular complexity index is 1060. The second-order valence-corrected chi connectivity index (χ2v) is 7.59. The van der Waals surface area contributed by atoms with Gasteiger partial charge in [-0.25, -0.2) is 18.6 Å². The molecule has 0 aliphatic carbocycles. The van der Waals surface area contributed by atoms with Crippen LogP contribution in [-0.2, 0) is 20.9 Å². The highest BCUT2D eigenvalue weighted by Crippen LogP contribution is 2.36. The first-order chi connectivity index (χ1) is 15.4. The van der Waals surface area contributed by atoms with Crippen molar-refractivity contribution < 1.29 is 27.8 Å². The Kier molecular flexibility index (Phi) is 6.11. The molecule has 1 amide bonds. The lowest BCUT2D eigenvalue weighted by molar-refractivity contribution is -0.142. The molecule has 2 aromatic rings. The third kappa shape index (κ3) is 4.30. The fraction of sp³-hybridized carbons (Fsp3) is 0.429. The second-order valence-electron chi connectivity index (χ2n) is 7.59. The van der Waals surface area contributed by atoms with Crippen LogP contribution in [0.25, 0.3) is 11.4 Å². The third-order valence-corrected chi connectivity index (χ3v) is 5.38. The molecule has 3 N–H and O–H groups in total. The zero-order valence-electron chi connectivity index (χ0n) is 17.4. The van der Waals surface area contributed by atoms with E-state index >= 15 is 0 Å². The molecular weight excluding hydrogens is 424 g/mol. The van der Waals surface area contributed by atoms with Gasteiger partial charge in [0.25, 0.3) is 12.3 Å². The first-order valence-electron chi connectivity index (χ1n) is 10.2. The van der Waals surface area contributed by atoms with Crippen LogP contribution in [0.1, 0.15) is 13.3 Å². The van der Waals surface area contributed by atoms with Gasteiger partial charge in [-0.15, -0.1) is 0 Å². The fourth-order valence-electron chi connectivity index (χ4n) is 3.54. The van der Waals surface area contributed by atoms with Crippen LogP contribution in [-0.4, -0.2) is 59.7 Å². The largest absolute Gasteiger partial charge is 0.491 e. The monoisotopic (exact) mass is 447 g/mol. The minimum Gasteiger partial charge on any atom is -0.491 e. The van der Waals surface area contributed by atoms with Crippen LogP contribution in [0.15, 0.2) is 30.1 Å². The van der Waals surface area contributed by atoms with Crippen molar-refractivity contribution in [2.24, 2.45) is 5.73 Å². The van der Waals surface area contributed by atoms with Gasteiger partial charge in [-0.2, -0.15) is 0 Å². The average Bonchev–Trinajstić information content (AvgIpc) is 3.06. The Morgan fingerprint density at radius 3 is 2.88 bits per heavy atom. The van der Waals surface area contributed by atoms with Crippen LogP contribution in [0.4, 0.5) is 20.3 Å². The summed E-state index contributed by atoms with van der Waals surface area (Å²) in [6.45, 7) is 2.15. The van der Waals surface area contributed by atoms with E-state index in [2.05, 4.69) is 10.3 Å². The zero-order chi connectivity index (χ0) is 22.8. The number of amides is 1. The van der Waals surface area contributed by atoms with Gasteiger partial charge >= 0.3 is 0 Å². The van der Waals surface area contributed by atoms with Crippen LogP contribution < -0.4 is 20.7 Å². The molecule has 2 aliphatic heterocycles. The van der Waals surface area contributed by atoms with E-state index in [1.165, 1.54) is 0 Å². The number of benzene rings is 1. The molecule has 1 aromatic carbocycles. The number of rotatable bonds is 7. The first kappa shape index (κ1) is 21.8. The predicted octanol–water partition coefficient (Wildman–Crippen LogP) is 1.80. The highest BCUT2D eigenvalue weighted by atomic mass is 19.3. The van der Waals surface area contributed by atoms with Crippen molar-refractivity contribution >= 4 is 23.4 Å². The summed E-state index contributed by atoms with van der Waals surface area (Å²) in [5.41, 5.74) is 6.97. The maximum absolute atomic E-state index is 13.2. The summed E-state index contributed by atoms with van der Waals surface area (Å²) in [6.07, 6.45) is -1.34. The Labute approximate surface area is 182 Å². The number of fused-ring (bicyclic) bond motifs is 3. The van der Waals surface area contributed by atoms with Gasteiger partial charge in [-0.05, 0) is 19.1 Å².